The van der Waals surface area contributed by atoms with Crippen molar-refractivity contribution >= 4 is 0 Å². The number of hydrogen-bond donors (Lipinski definition) is 0. The molecule has 1 aliphatic rings. The van der Waals surface area contributed by atoms with E-state index >= 15 is 0 Å². The van der Waals surface area contributed by atoms with Crippen LogP contribution in [0.25, 0.3) is 0 Å². The highest BCUT2D eigenvalue weighted by Crippen LogP contribution is 2.22. The van der Waals surface area contributed by atoms with Gasteiger partial charge < -0.3 is 4.74 Å². The topological polar surface area (TPSA) is 52.4 Å². The third-order valence-electron chi connectivity index (χ3n) is 3.40. The average molecular weight is 333 g/mol. The Bertz CT molecular complexity index is 543. The third kappa shape index (κ3) is 6.99. The van der Waals surface area contributed by atoms with Crippen LogP contribution in [0.4, 0.5) is 0 Å². The maximum absolute atomic E-state index is 11.0. The summed E-state index contributed by atoms with van der Waals surface area (Å²) < 4.78 is 5.65. The minimum Gasteiger partial charge on any atom is -0.489 e. The van der Waals surface area contributed by atoms with Crippen molar-refractivity contribution < 1.29 is 9.66 Å². The quantitative estimate of drug-likeness (QED) is 0.481. The van der Waals surface area contributed by atoms with Crippen LogP contribution in [0.1, 0.15) is 65.9 Å². The first-order valence-electron chi connectivity index (χ1n) is 8.83. The molecule has 0 saturated heterocycles. The van der Waals surface area contributed by atoms with Gasteiger partial charge in [-0.15, -0.1) is 0 Å². The molecule has 0 fully saturated rings. The Morgan fingerprint density at radius 3 is 2.21 bits per heavy atom. The van der Waals surface area contributed by atoms with E-state index in [1.165, 1.54) is 5.56 Å². The van der Waals surface area contributed by atoms with E-state index in [2.05, 4.69) is 13.8 Å². The monoisotopic (exact) mass is 333 g/mol. The van der Waals surface area contributed by atoms with Crippen LogP contribution in [-0.4, -0.2) is 11.5 Å². The molecule has 4 nitrogen and oxygen atoms in total. The predicted octanol–water partition coefficient (Wildman–Crippen LogP) is 6.12. The second-order valence-corrected chi connectivity index (χ2v) is 5.18. The molecule has 0 N–H and O–H groups in total. The van der Waals surface area contributed by atoms with Crippen molar-refractivity contribution in [3.8, 4) is 5.75 Å². The molecule has 0 spiro atoms. The number of ether oxygens (including phenoxy) is 1. The van der Waals surface area contributed by atoms with Crippen LogP contribution in [0.15, 0.2) is 47.7 Å². The molecule has 24 heavy (non-hydrogen) atoms. The third-order valence-corrected chi connectivity index (χ3v) is 3.40. The largest absolute Gasteiger partial charge is 0.489 e. The van der Waals surface area contributed by atoms with E-state index in [4.69, 9.17) is 4.74 Å². The summed E-state index contributed by atoms with van der Waals surface area (Å²) >= 11 is 0. The smallest absolute Gasteiger partial charge is 0.253 e. The molecule has 0 bridgehead atoms. The molecule has 0 saturated carbocycles. The molecular formula is C20H31NO3. The highest BCUT2D eigenvalue weighted by molar-refractivity contribution is 5.31. The number of benzene rings is 1. The van der Waals surface area contributed by atoms with Crippen molar-refractivity contribution in [3.63, 3.8) is 0 Å². The zero-order chi connectivity index (χ0) is 18.5. The van der Waals surface area contributed by atoms with E-state index < -0.39 is 0 Å². The lowest BCUT2D eigenvalue weighted by molar-refractivity contribution is -0.429. The minimum atomic E-state index is -0.302. The summed E-state index contributed by atoms with van der Waals surface area (Å²) in [5, 5.41) is 11.0. The van der Waals surface area contributed by atoms with Crippen LogP contribution in [0, 0.1) is 10.1 Å². The van der Waals surface area contributed by atoms with Crippen LogP contribution < -0.4 is 4.74 Å². The van der Waals surface area contributed by atoms with Gasteiger partial charge in [0.15, 0.2) is 0 Å². The fraction of sp³-hybridized carbons (Fsp3) is 0.500. The maximum Gasteiger partial charge on any atom is 0.253 e. The van der Waals surface area contributed by atoms with E-state index in [0.29, 0.717) is 17.9 Å². The van der Waals surface area contributed by atoms with Gasteiger partial charge in [-0.25, -0.2) is 0 Å². The van der Waals surface area contributed by atoms with Crippen molar-refractivity contribution in [1.82, 2.24) is 0 Å². The molecule has 0 atom stereocenters. The molecule has 0 heterocycles. The lowest BCUT2D eigenvalue weighted by Gasteiger charge is -2.12. The first-order chi connectivity index (χ1) is 11.6. The molecule has 0 unspecified atom stereocenters. The summed E-state index contributed by atoms with van der Waals surface area (Å²) in [7, 11) is 0. The van der Waals surface area contributed by atoms with E-state index in [-0.39, 0.29) is 17.2 Å². The standard InChI is InChI=1S/C16H19NO3.2C2H6/c1-12(2)13-7-9-15(10-8-13)20-11-14-5-3-4-6-16(14)17(18)19;2*1-2/h3,5,7-10,12H,4,6,11H2,1-2H3;2*1-2H3. The normalized spacial score (nSPS) is 12.8. The fourth-order valence-corrected chi connectivity index (χ4v) is 2.15. The Hall–Kier alpha value is -2.10. The van der Waals surface area contributed by atoms with Crippen LogP contribution in [0.2, 0.25) is 0 Å². The van der Waals surface area contributed by atoms with Gasteiger partial charge in [0.1, 0.15) is 12.4 Å². The van der Waals surface area contributed by atoms with Crippen LogP contribution >= 0.6 is 0 Å². The number of nitrogens with zero attached hydrogens (tertiary/aromatic N) is 1. The average Bonchev–Trinajstić information content (AvgIpc) is 2.64. The highest BCUT2D eigenvalue weighted by Gasteiger charge is 2.19. The summed E-state index contributed by atoms with van der Waals surface area (Å²) in [5.41, 5.74) is 2.18. The van der Waals surface area contributed by atoms with Crippen LogP contribution in [0.3, 0.4) is 0 Å². The summed E-state index contributed by atoms with van der Waals surface area (Å²) in [6.07, 6.45) is 4.95. The van der Waals surface area contributed by atoms with E-state index in [0.717, 1.165) is 12.2 Å². The van der Waals surface area contributed by atoms with Crippen molar-refractivity contribution in [1.29, 1.82) is 0 Å². The van der Waals surface area contributed by atoms with Gasteiger partial charge in [-0.2, -0.15) is 0 Å². The molecular weight excluding hydrogens is 302 g/mol. The van der Waals surface area contributed by atoms with E-state index in [1.807, 2.05) is 58.0 Å². The molecule has 4 heteroatoms. The zero-order valence-electron chi connectivity index (χ0n) is 15.8. The van der Waals surface area contributed by atoms with Crippen molar-refractivity contribution in [2.75, 3.05) is 6.61 Å². The summed E-state index contributed by atoms with van der Waals surface area (Å²) in [6.45, 7) is 12.5. The van der Waals surface area contributed by atoms with Gasteiger partial charge in [-0.1, -0.05) is 65.8 Å². The Kier molecular flexibility index (Phi) is 11.3. The first kappa shape index (κ1) is 21.9. The molecule has 0 amide bonds. The van der Waals surface area contributed by atoms with Gasteiger partial charge in [-0.3, -0.25) is 10.1 Å². The number of rotatable bonds is 5. The molecule has 0 radical (unpaired) electrons. The molecule has 1 aromatic carbocycles. The maximum atomic E-state index is 11.0. The van der Waals surface area contributed by atoms with Crippen molar-refractivity contribution in [3.05, 3.63) is 63.4 Å². The second kappa shape index (κ2) is 12.3. The van der Waals surface area contributed by atoms with Crippen molar-refractivity contribution in [2.45, 2.75) is 60.3 Å². The van der Waals surface area contributed by atoms with Gasteiger partial charge in [0.2, 0.25) is 0 Å². The zero-order valence-corrected chi connectivity index (χ0v) is 15.8. The Morgan fingerprint density at radius 2 is 1.71 bits per heavy atom. The van der Waals surface area contributed by atoms with Gasteiger partial charge in [-0.05, 0) is 30.0 Å². The van der Waals surface area contributed by atoms with Gasteiger partial charge in [0, 0.05) is 6.42 Å². The highest BCUT2D eigenvalue weighted by atomic mass is 16.6. The Morgan fingerprint density at radius 1 is 1.12 bits per heavy atom. The minimum absolute atomic E-state index is 0.244. The van der Waals surface area contributed by atoms with E-state index in [9.17, 15) is 10.1 Å². The lowest BCUT2D eigenvalue weighted by atomic mass is 10.0. The number of nitro groups is 1. The van der Waals surface area contributed by atoms with Gasteiger partial charge >= 0.3 is 0 Å². The van der Waals surface area contributed by atoms with Crippen LogP contribution in [-0.2, 0) is 0 Å². The number of allylic oxidation sites excluding steroid dienone is 2. The fourth-order valence-electron chi connectivity index (χ4n) is 2.15. The SMILES string of the molecule is CC.CC.CC(C)c1ccc(OCC2=C([N+](=O)[O-])CCC=C2)cc1. The van der Waals surface area contributed by atoms with Gasteiger partial charge in [0.05, 0.1) is 10.5 Å². The van der Waals surface area contributed by atoms with E-state index in [1.54, 1.807) is 6.08 Å². The molecule has 2 rings (SSSR count). The summed E-state index contributed by atoms with van der Waals surface area (Å²) in [5.74, 6) is 1.22. The first-order valence-corrected chi connectivity index (χ1v) is 8.83. The second-order valence-electron chi connectivity index (χ2n) is 5.18. The molecule has 1 aliphatic carbocycles. The molecule has 1 aromatic rings. The molecule has 0 aromatic heterocycles. The Balaban J connectivity index is 0.00000123. The summed E-state index contributed by atoms with van der Waals surface area (Å²) in [4.78, 5) is 10.7. The lowest BCUT2D eigenvalue weighted by Crippen LogP contribution is -2.10. The predicted molar refractivity (Wildman–Crippen MR) is 101 cm³/mol. The van der Waals surface area contributed by atoms with Crippen molar-refractivity contribution in [2.24, 2.45) is 0 Å². The number of hydrogen-bond acceptors (Lipinski definition) is 3. The Labute approximate surface area is 146 Å². The van der Waals surface area contributed by atoms with Gasteiger partial charge in [0.25, 0.3) is 5.70 Å². The molecule has 134 valence electrons. The van der Waals surface area contributed by atoms with Crippen LogP contribution in [0.5, 0.6) is 5.75 Å². The molecule has 0 aliphatic heterocycles. The summed E-state index contributed by atoms with van der Waals surface area (Å²) in [6, 6.07) is 7.88.